The summed E-state index contributed by atoms with van der Waals surface area (Å²) in [6.45, 7) is 6.19. The molecule has 0 unspecified atom stereocenters. The minimum Gasteiger partial charge on any atom is -0.495 e. The van der Waals surface area contributed by atoms with E-state index in [9.17, 15) is 9.59 Å². The van der Waals surface area contributed by atoms with Gasteiger partial charge in [-0.05, 0) is 39.0 Å². The third-order valence-electron chi connectivity index (χ3n) is 4.95. The molecular formula is C25H29N3O5S. The molecule has 1 amide bonds. The zero-order valence-corrected chi connectivity index (χ0v) is 20.5. The highest BCUT2D eigenvalue weighted by molar-refractivity contribution is 8.14. The zero-order valence-electron chi connectivity index (χ0n) is 19.7. The lowest BCUT2D eigenvalue weighted by Crippen LogP contribution is -2.31. The molecule has 1 aliphatic rings. The van der Waals surface area contributed by atoms with E-state index in [4.69, 9.17) is 19.2 Å². The SMILES string of the molecule is CCOC(=O)C1=C(C)NC(SCC(=O)Nc2ccccc2OC)=N[C@H]1c1ccccc1OCC. The van der Waals surface area contributed by atoms with Crippen LogP contribution in [0.15, 0.2) is 64.8 Å². The number of ether oxygens (including phenoxy) is 3. The Morgan fingerprint density at radius 2 is 1.76 bits per heavy atom. The summed E-state index contributed by atoms with van der Waals surface area (Å²) in [5, 5.41) is 6.52. The van der Waals surface area contributed by atoms with Crippen molar-refractivity contribution in [1.82, 2.24) is 5.32 Å². The van der Waals surface area contributed by atoms with Crippen LogP contribution in [0.2, 0.25) is 0 Å². The molecule has 0 aliphatic carbocycles. The molecule has 0 spiro atoms. The number of para-hydroxylation sites is 3. The average molecular weight is 484 g/mol. The Labute approximate surface area is 203 Å². The van der Waals surface area contributed by atoms with Gasteiger partial charge < -0.3 is 24.8 Å². The summed E-state index contributed by atoms with van der Waals surface area (Å²) >= 11 is 1.25. The first kappa shape index (κ1) is 25.2. The number of nitrogens with one attached hydrogen (secondary N) is 2. The summed E-state index contributed by atoms with van der Waals surface area (Å²) in [5.41, 5.74) is 2.39. The van der Waals surface area contributed by atoms with Crippen LogP contribution in [0.3, 0.4) is 0 Å². The Balaban J connectivity index is 1.83. The second-order valence-corrected chi connectivity index (χ2v) is 8.19. The van der Waals surface area contributed by atoms with Crippen molar-refractivity contribution < 1.29 is 23.8 Å². The molecule has 0 fully saturated rings. The Hall–Kier alpha value is -3.46. The minimum atomic E-state index is -0.622. The van der Waals surface area contributed by atoms with Crippen molar-refractivity contribution in [2.75, 3.05) is 31.4 Å². The Kier molecular flexibility index (Phi) is 8.98. The van der Waals surface area contributed by atoms with Crippen LogP contribution in [0.4, 0.5) is 5.69 Å². The van der Waals surface area contributed by atoms with Crippen molar-refractivity contribution in [2.45, 2.75) is 26.8 Å². The van der Waals surface area contributed by atoms with Crippen LogP contribution in [-0.4, -0.2) is 43.1 Å². The molecule has 0 bridgehead atoms. The van der Waals surface area contributed by atoms with Crippen LogP contribution >= 0.6 is 11.8 Å². The molecule has 0 saturated heterocycles. The van der Waals surface area contributed by atoms with Crippen molar-refractivity contribution in [3.8, 4) is 11.5 Å². The number of rotatable bonds is 9. The van der Waals surface area contributed by atoms with Crippen molar-refractivity contribution in [3.05, 3.63) is 65.4 Å². The molecule has 180 valence electrons. The molecule has 2 aromatic rings. The molecule has 34 heavy (non-hydrogen) atoms. The van der Waals surface area contributed by atoms with Crippen LogP contribution in [0, 0.1) is 0 Å². The van der Waals surface area contributed by atoms with Crippen molar-refractivity contribution in [2.24, 2.45) is 4.99 Å². The molecule has 2 aromatic carbocycles. The molecule has 1 atom stereocenters. The first-order valence-electron chi connectivity index (χ1n) is 11.0. The fourth-order valence-electron chi connectivity index (χ4n) is 3.48. The van der Waals surface area contributed by atoms with Gasteiger partial charge >= 0.3 is 5.97 Å². The number of allylic oxidation sites excluding steroid dienone is 1. The number of carbonyl (C=O) groups excluding carboxylic acids is 2. The normalized spacial score (nSPS) is 15.2. The highest BCUT2D eigenvalue weighted by atomic mass is 32.2. The molecule has 2 N–H and O–H groups in total. The van der Waals surface area contributed by atoms with Crippen LogP contribution < -0.4 is 20.1 Å². The van der Waals surface area contributed by atoms with Gasteiger partial charge in [-0.3, -0.25) is 4.79 Å². The summed E-state index contributed by atoms with van der Waals surface area (Å²) in [6, 6.07) is 14.1. The molecule has 1 aliphatic heterocycles. The second kappa shape index (κ2) is 12.1. The number of methoxy groups -OCH3 is 1. The Morgan fingerprint density at radius 1 is 1.06 bits per heavy atom. The Bertz CT molecular complexity index is 1100. The van der Waals surface area contributed by atoms with E-state index < -0.39 is 12.0 Å². The predicted octanol–water partition coefficient (Wildman–Crippen LogP) is 4.30. The lowest BCUT2D eigenvalue weighted by atomic mass is 9.96. The van der Waals surface area contributed by atoms with E-state index in [2.05, 4.69) is 10.6 Å². The molecule has 8 nitrogen and oxygen atoms in total. The second-order valence-electron chi connectivity index (χ2n) is 7.23. The highest BCUT2D eigenvalue weighted by Crippen LogP contribution is 2.37. The van der Waals surface area contributed by atoms with Crippen molar-refractivity contribution >= 4 is 34.5 Å². The Morgan fingerprint density at radius 3 is 2.47 bits per heavy atom. The van der Waals surface area contributed by atoms with Crippen molar-refractivity contribution in [1.29, 1.82) is 0 Å². The van der Waals surface area contributed by atoms with Gasteiger partial charge in [0.05, 0.1) is 37.3 Å². The predicted molar refractivity (Wildman–Crippen MR) is 134 cm³/mol. The summed E-state index contributed by atoms with van der Waals surface area (Å²) in [4.78, 5) is 30.1. The van der Waals surface area contributed by atoms with E-state index in [0.29, 0.717) is 40.2 Å². The molecule has 1 heterocycles. The third kappa shape index (κ3) is 6.11. The van der Waals surface area contributed by atoms with Crippen molar-refractivity contribution in [3.63, 3.8) is 0 Å². The number of aliphatic imine (C=N–C) groups is 1. The van der Waals surface area contributed by atoms with E-state index in [0.717, 1.165) is 5.56 Å². The lowest BCUT2D eigenvalue weighted by Gasteiger charge is -2.26. The van der Waals surface area contributed by atoms with Gasteiger partial charge in [0.1, 0.15) is 17.5 Å². The first-order valence-corrected chi connectivity index (χ1v) is 12.0. The van der Waals surface area contributed by atoms with Gasteiger partial charge in [0, 0.05) is 11.3 Å². The van der Waals surface area contributed by atoms with Crippen LogP contribution in [0.5, 0.6) is 11.5 Å². The quantitative estimate of drug-likeness (QED) is 0.513. The highest BCUT2D eigenvalue weighted by Gasteiger charge is 2.32. The van der Waals surface area contributed by atoms with Crippen LogP contribution in [-0.2, 0) is 14.3 Å². The van der Waals surface area contributed by atoms with E-state index in [1.807, 2.05) is 43.3 Å². The largest absolute Gasteiger partial charge is 0.495 e. The van der Waals surface area contributed by atoms with Gasteiger partial charge in [0.2, 0.25) is 5.91 Å². The molecule has 0 saturated carbocycles. The number of nitrogens with zero attached hydrogens (tertiary/aromatic N) is 1. The van der Waals surface area contributed by atoms with E-state index in [-0.39, 0.29) is 18.3 Å². The summed E-state index contributed by atoms with van der Waals surface area (Å²) < 4.78 is 16.4. The van der Waals surface area contributed by atoms with E-state index >= 15 is 0 Å². The molecule has 3 rings (SSSR count). The van der Waals surface area contributed by atoms with Crippen LogP contribution in [0.1, 0.15) is 32.4 Å². The minimum absolute atomic E-state index is 0.117. The molecule has 9 heteroatoms. The number of amides is 1. The number of hydrogen-bond donors (Lipinski definition) is 2. The maximum absolute atomic E-state index is 12.8. The smallest absolute Gasteiger partial charge is 0.338 e. The number of carbonyl (C=O) groups is 2. The lowest BCUT2D eigenvalue weighted by molar-refractivity contribution is -0.139. The number of esters is 1. The summed E-state index contributed by atoms with van der Waals surface area (Å²) in [7, 11) is 1.55. The van der Waals surface area contributed by atoms with Gasteiger partial charge in [0.25, 0.3) is 0 Å². The fourth-order valence-corrected chi connectivity index (χ4v) is 4.23. The number of anilines is 1. The fraction of sp³-hybridized carbons (Fsp3) is 0.320. The maximum atomic E-state index is 12.8. The standard InChI is InChI=1S/C25H29N3O5S/c1-5-32-19-13-9-7-11-17(19)23-22(24(30)33-6-2)16(3)26-25(28-23)34-15-21(29)27-18-12-8-10-14-20(18)31-4/h7-14,23H,5-6,15H2,1-4H3,(H,26,28)(H,27,29)/t23-/m0/s1. The molecule has 0 radical (unpaired) electrons. The number of benzene rings is 2. The van der Waals surface area contributed by atoms with Gasteiger partial charge in [-0.1, -0.05) is 42.1 Å². The summed E-state index contributed by atoms with van der Waals surface area (Å²) in [5.74, 6) is 0.702. The zero-order chi connectivity index (χ0) is 24.5. The van der Waals surface area contributed by atoms with Gasteiger partial charge in [0.15, 0.2) is 5.17 Å². The molecular weight excluding hydrogens is 454 g/mol. The number of amidine groups is 1. The summed E-state index contributed by atoms with van der Waals surface area (Å²) in [6.07, 6.45) is 0. The molecule has 0 aromatic heterocycles. The average Bonchev–Trinajstić information content (AvgIpc) is 2.83. The first-order chi connectivity index (χ1) is 16.5. The third-order valence-corrected chi connectivity index (χ3v) is 5.84. The number of hydrogen-bond acceptors (Lipinski definition) is 8. The van der Waals surface area contributed by atoms with E-state index in [1.165, 1.54) is 11.8 Å². The topological polar surface area (TPSA) is 98.2 Å². The van der Waals surface area contributed by atoms with Gasteiger partial charge in [-0.2, -0.15) is 0 Å². The maximum Gasteiger partial charge on any atom is 0.338 e. The monoisotopic (exact) mass is 483 g/mol. The van der Waals surface area contributed by atoms with Gasteiger partial charge in [-0.25, -0.2) is 9.79 Å². The van der Waals surface area contributed by atoms with E-state index in [1.54, 1.807) is 33.1 Å². The number of thioether (sulfide) groups is 1. The van der Waals surface area contributed by atoms with Gasteiger partial charge in [-0.15, -0.1) is 0 Å². The van der Waals surface area contributed by atoms with Crippen LogP contribution in [0.25, 0.3) is 0 Å².